The molecule has 0 saturated carbocycles. The fourth-order valence-electron chi connectivity index (χ4n) is 2.28. The minimum absolute atomic E-state index is 0.701. The molecule has 0 fully saturated rings. The van der Waals surface area contributed by atoms with E-state index in [9.17, 15) is 0 Å². The molecule has 112 valence electrons. The Morgan fingerprint density at radius 2 is 1.95 bits per heavy atom. The number of hydrogen-bond acceptors (Lipinski definition) is 3. The number of pyridine rings is 1. The molecule has 2 aromatic heterocycles. The molecule has 1 N–H and O–H groups in total. The number of aromatic nitrogens is 3. The second-order valence-corrected chi connectivity index (χ2v) is 5.43. The Labute approximate surface area is 134 Å². The predicted octanol–water partition coefficient (Wildman–Crippen LogP) is 3.27. The van der Waals surface area contributed by atoms with E-state index in [1.165, 1.54) is 0 Å². The second kappa shape index (κ2) is 7.20. The summed E-state index contributed by atoms with van der Waals surface area (Å²) in [6.07, 6.45) is 7.44. The highest BCUT2D eigenvalue weighted by molar-refractivity contribution is 6.31. The Hall–Kier alpha value is -2.17. The molecule has 0 radical (unpaired) electrons. The molecule has 2 heterocycles. The molecule has 0 unspecified atom stereocenters. The second-order valence-electron chi connectivity index (χ2n) is 5.03. The first kappa shape index (κ1) is 14.8. The summed E-state index contributed by atoms with van der Waals surface area (Å²) in [5, 5.41) is 4.17. The molecule has 1 aromatic carbocycles. The Morgan fingerprint density at radius 1 is 1.05 bits per heavy atom. The number of rotatable bonds is 6. The van der Waals surface area contributed by atoms with Gasteiger partial charge in [0.2, 0.25) is 0 Å². The number of hydrogen-bond donors (Lipinski definition) is 1. The van der Waals surface area contributed by atoms with E-state index in [4.69, 9.17) is 11.6 Å². The van der Waals surface area contributed by atoms with Gasteiger partial charge in [-0.25, -0.2) is 4.98 Å². The van der Waals surface area contributed by atoms with Crippen LogP contribution in [0.1, 0.15) is 17.0 Å². The first-order chi connectivity index (χ1) is 10.8. The van der Waals surface area contributed by atoms with E-state index in [1.807, 2.05) is 48.9 Å². The fraction of sp³-hybridized carbons (Fsp3) is 0.176. The summed E-state index contributed by atoms with van der Waals surface area (Å²) in [4.78, 5) is 8.52. The third-order valence-electron chi connectivity index (χ3n) is 3.44. The molecule has 0 amide bonds. The van der Waals surface area contributed by atoms with Gasteiger partial charge in [0.05, 0.1) is 13.1 Å². The maximum Gasteiger partial charge on any atom is 0.122 e. The summed E-state index contributed by atoms with van der Waals surface area (Å²) in [7, 11) is 0. The zero-order valence-electron chi connectivity index (χ0n) is 12.1. The number of nitrogens with zero attached hydrogens (tertiary/aromatic N) is 3. The van der Waals surface area contributed by atoms with Crippen LogP contribution in [0, 0.1) is 0 Å². The molecule has 0 bridgehead atoms. The smallest absolute Gasteiger partial charge is 0.122 e. The van der Waals surface area contributed by atoms with Crippen LogP contribution in [0.5, 0.6) is 0 Å². The molecule has 3 aromatic rings. The molecule has 0 aliphatic rings. The van der Waals surface area contributed by atoms with Gasteiger partial charge < -0.3 is 9.88 Å². The van der Waals surface area contributed by atoms with Gasteiger partial charge in [0.15, 0.2) is 0 Å². The van der Waals surface area contributed by atoms with E-state index in [2.05, 4.69) is 25.9 Å². The number of benzene rings is 1. The van der Waals surface area contributed by atoms with Gasteiger partial charge in [-0.2, -0.15) is 0 Å². The Kier molecular flexibility index (Phi) is 4.83. The van der Waals surface area contributed by atoms with Crippen LogP contribution in [-0.2, 0) is 19.6 Å². The molecule has 0 aliphatic carbocycles. The van der Waals surface area contributed by atoms with Crippen molar-refractivity contribution in [1.82, 2.24) is 19.9 Å². The largest absolute Gasteiger partial charge is 0.329 e. The summed E-state index contributed by atoms with van der Waals surface area (Å²) < 4.78 is 2.11. The lowest BCUT2D eigenvalue weighted by atomic mass is 10.2. The van der Waals surface area contributed by atoms with E-state index < -0.39 is 0 Å². The summed E-state index contributed by atoms with van der Waals surface area (Å²) in [5.41, 5.74) is 2.25. The van der Waals surface area contributed by atoms with Gasteiger partial charge >= 0.3 is 0 Å². The van der Waals surface area contributed by atoms with Crippen LogP contribution >= 0.6 is 11.6 Å². The van der Waals surface area contributed by atoms with Crippen molar-refractivity contribution in [1.29, 1.82) is 0 Å². The van der Waals surface area contributed by atoms with Gasteiger partial charge in [0, 0.05) is 36.4 Å². The van der Waals surface area contributed by atoms with Crippen molar-refractivity contribution in [3.8, 4) is 0 Å². The van der Waals surface area contributed by atoms with Crippen molar-refractivity contribution in [2.45, 2.75) is 19.6 Å². The average molecular weight is 313 g/mol. The monoisotopic (exact) mass is 312 g/mol. The number of halogens is 1. The van der Waals surface area contributed by atoms with E-state index in [-0.39, 0.29) is 0 Å². The standard InChI is InChI=1S/C17H17ClN4/c18-16-6-2-1-5-15(16)13-22-9-8-21-17(22)12-20-11-14-4-3-7-19-10-14/h1-10,20H,11-13H2. The van der Waals surface area contributed by atoms with Crippen molar-refractivity contribution < 1.29 is 0 Å². The van der Waals surface area contributed by atoms with Crippen LogP contribution in [0.15, 0.2) is 61.2 Å². The molecule has 0 atom stereocenters. The highest BCUT2D eigenvalue weighted by atomic mass is 35.5. The quantitative estimate of drug-likeness (QED) is 0.759. The van der Waals surface area contributed by atoms with Crippen LogP contribution in [0.25, 0.3) is 0 Å². The maximum absolute atomic E-state index is 6.22. The van der Waals surface area contributed by atoms with Crippen molar-refractivity contribution in [2.24, 2.45) is 0 Å². The molecule has 5 heteroatoms. The highest BCUT2D eigenvalue weighted by Crippen LogP contribution is 2.16. The first-order valence-electron chi connectivity index (χ1n) is 7.16. The molecule has 0 aliphatic heterocycles. The Morgan fingerprint density at radius 3 is 2.77 bits per heavy atom. The lowest BCUT2D eigenvalue weighted by Gasteiger charge is -2.10. The van der Waals surface area contributed by atoms with Gasteiger partial charge in [-0.15, -0.1) is 0 Å². The van der Waals surface area contributed by atoms with Crippen molar-refractivity contribution in [2.75, 3.05) is 0 Å². The zero-order chi connectivity index (χ0) is 15.2. The molecular weight excluding hydrogens is 296 g/mol. The van der Waals surface area contributed by atoms with Gasteiger partial charge in [0.25, 0.3) is 0 Å². The van der Waals surface area contributed by atoms with Gasteiger partial charge in [0.1, 0.15) is 5.82 Å². The zero-order valence-corrected chi connectivity index (χ0v) is 12.9. The third-order valence-corrected chi connectivity index (χ3v) is 3.80. The summed E-state index contributed by atoms with van der Waals surface area (Å²) in [6, 6.07) is 11.9. The predicted molar refractivity (Wildman–Crippen MR) is 87.6 cm³/mol. The molecule has 3 rings (SSSR count). The molecule has 0 saturated heterocycles. The van der Waals surface area contributed by atoms with Crippen LogP contribution in [-0.4, -0.2) is 14.5 Å². The van der Waals surface area contributed by atoms with Crippen molar-refractivity contribution in [3.05, 3.63) is 83.2 Å². The van der Waals surface area contributed by atoms with Crippen molar-refractivity contribution in [3.63, 3.8) is 0 Å². The average Bonchev–Trinajstić information content (AvgIpc) is 2.98. The van der Waals surface area contributed by atoms with Crippen LogP contribution in [0.4, 0.5) is 0 Å². The highest BCUT2D eigenvalue weighted by Gasteiger charge is 2.05. The lowest BCUT2D eigenvalue weighted by Crippen LogP contribution is -2.17. The van der Waals surface area contributed by atoms with E-state index in [0.717, 1.165) is 35.1 Å². The summed E-state index contributed by atoms with van der Waals surface area (Å²) in [6.45, 7) is 2.20. The van der Waals surface area contributed by atoms with E-state index in [1.54, 1.807) is 6.20 Å². The van der Waals surface area contributed by atoms with Gasteiger partial charge in [-0.3, -0.25) is 4.98 Å². The number of imidazole rings is 1. The molecule has 22 heavy (non-hydrogen) atoms. The maximum atomic E-state index is 6.22. The minimum atomic E-state index is 0.701. The first-order valence-corrected chi connectivity index (χ1v) is 7.54. The summed E-state index contributed by atoms with van der Waals surface area (Å²) >= 11 is 6.22. The van der Waals surface area contributed by atoms with Gasteiger partial charge in [-0.05, 0) is 23.3 Å². The molecule has 4 nitrogen and oxygen atoms in total. The third kappa shape index (κ3) is 3.72. The van der Waals surface area contributed by atoms with E-state index >= 15 is 0 Å². The SMILES string of the molecule is Clc1ccccc1Cn1ccnc1CNCc1cccnc1. The normalized spacial score (nSPS) is 10.8. The van der Waals surface area contributed by atoms with E-state index in [0.29, 0.717) is 6.54 Å². The van der Waals surface area contributed by atoms with Crippen LogP contribution in [0.3, 0.4) is 0 Å². The minimum Gasteiger partial charge on any atom is -0.329 e. The Bertz CT molecular complexity index is 724. The summed E-state index contributed by atoms with van der Waals surface area (Å²) in [5.74, 6) is 0.990. The molecular formula is C17H17ClN4. The van der Waals surface area contributed by atoms with Crippen LogP contribution < -0.4 is 5.32 Å². The fourth-order valence-corrected chi connectivity index (χ4v) is 2.48. The van der Waals surface area contributed by atoms with Crippen molar-refractivity contribution >= 4 is 11.6 Å². The lowest BCUT2D eigenvalue weighted by molar-refractivity contribution is 0.621. The number of nitrogens with one attached hydrogen (secondary N) is 1. The topological polar surface area (TPSA) is 42.7 Å². The van der Waals surface area contributed by atoms with Gasteiger partial charge in [-0.1, -0.05) is 35.9 Å². The van der Waals surface area contributed by atoms with Crippen LogP contribution in [0.2, 0.25) is 5.02 Å². The Balaban J connectivity index is 1.61. The molecule has 0 spiro atoms.